The van der Waals surface area contributed by atoms with E-state index in [2.05, 4.69) is 19.4 Å². The molecule has 0 unspecified atom stereocenters. The van der Waals surface area contributed by atoms with Crippen LogP contribution in [-0.2, 0) is 0 Å². The van der Waals surface area contributed by atoms with Crippen LogP contribution in [0.25, 0.3) is 0 Å². The van der Waals surface area contributed by atoms with E-state index in [-0.39, 0.29) is 49.2 Å². The van der Waals surface area contributed by atoms with Crippen LogP contribution in [0, 0.1) is 0 Å². The molecule has 128 valence electrons. The molecular weight excluding hydrogens is 338 g/mol. The number of pyridine rings is 2. The average molecular weight is 350 g/mol. The van der Waals surface area contributed by atoms with E-state index >= 15 is 0 Å². The standard InChI is InChI=1S/2C7H7NO4.2Li/c2*1-12-4-2-3-8-6(9)5(4)7(10)11;;/h2*2-3H,1H3,(H,8,9)(H,10,11);;/q;;2*+1/p-2. The van der Waals surface area contributed by atoms with Gasteiger partial charge in [0.1, 0.15) is 22.6 Å². The fraction of sp³-hybridized carbons (Fsp3) is 0.143. The summed E-state index contributed by atoms with van der Waals surface area (Å²) in [6.45, 7) is 0. The van der Waals surface area contributed by atoms with Crippen molar-refractivity contribution < 1.29 is 67.0 Å². The van der Waals surface area contributed by atoms with E-state index in [1.165, 1.54) is 38.7 Å². The van der Waals surface area contributed by atoms with Crippen LogP contribution in [0.5, 0.6) is 11.5 Å². The summed E-state index contributed by atoms with van der Waals surface area (Å²) in [5.41, 5.74) is -2.43. The quantitative estimate of drug-likeness (QED) is 0.513. The molecule has 26 heavy (non-hydrogen) atoms. The molecule has 10 nitrogen and oxygen atoms in total. The van der Waals surface area contributed by atoms with Gasteiger partial charge >= 0.3 is 37.7 Å². The number of aromatic carboxylic acids is 2. The molecule has 2 aromatic rings. The van der Waals surface area contributed by atoms with Crippen LogP contribution in [0.4, 0.5) is 0 Å². The monoisotopic (exact) mass is 350 g/mol. The van der Waals surface area contributed by atoms with Gasteiger partial charge in [0, 0.05) is 12.4 Å². The van der Waals surface area contributed by atoms with Crippen molar-refractivity contribution in [2.45, 2.75) is 0 Å². The normalized spacial score (nSPS) is 8.69. The number of hydrogen-bond acceptors (Lipinski definition) is 8. The summed E-state index contributed by atoms with van der Waals surface area (Å²) >= 11 is 0. The molecule has 2 N–H and O–H groups in total. The van der Waals surface area contributed by atoms with Crippen molar-refractivity contribution in [3.63, 3.8) is 0 Å². The number of ether oxygens (including phenoxy) is 2. The molecule has 0 fully saturated rings. The molecule has 0 amide bonds. The van der Waals surface area contributed by atoms with Crippen molar-refractivity contribution >= 4 is 11.9 Å². The van der Waals surface area contributed by atoms with Crippen LogP contribution >= 0.6 is 0 Å². The van der Waals surface area contributed by atoms with E-state index < -0.39 is 34.2 Å². The molecular formula is C14H12Li2N2O8. The number of hydrogen-bond donors (Lipinski definition) is 2. The zero-order chi connectivity index (χ0) is 18.3. The number of carboxylic acid groups (broad SMARTS) is 2. The zero-order valence-corrected chi connectivity index (χ0v) is 14.6. The Labute approximate surface area is 170 Å². The molecule has 0 atom stereocenters. The molecule has 0 saturated heterocycles. The van der Waals surface area contributed by atoms with E-state index in [1.54, 1.807) is 0 Å². The number of H-pyrrole nitrogens is 2. The first kappa shape index (κ1) is 25.9. The summed E-state index contributed by atoms with van der Waals surface area (Å²) in [5.74, 6) is -3.10. The van der Waals surface area contributed by atoms with Crippen LogP contribution in [0.2, 0.25) is 0 Å². The fourth-order valence-corrected chi connectivity index (χ4v) is 1.65. The third-order valence-corrected chi connectivity index (χ3v) is 2.69. The van der Waals surface area contributed by atoms with Crippen LogP contribution in [0.1, 0.15) is 20.7 Å². The van der Waals surface area contributed by atoms with Crippen molar-refractivity contribution in [2.75, 3.05) is 14.2 Å². The Bertz CT molecular complexity index is 791. The molecule has 0 bridgehead atoms. The molecule has 2 aromatic heterocycles. The van der Waals surface area contributed by atoms with Gasteiger partial charge in [0.05, 0.1) is 26.2 Å². The smallest absolute Gasteiger partial charge is 0.544 e. The van der Waals surface area contributed by atoms with E-state index in [1.807, 2.05) is 0 Å². The van der Waals surface area contributed by atoms with E-state index in [9.17, 15) is 29.4 Å². The van der Waals surface area contributed by atoms with Gasteiger partial charge in [-0.15, -0.1) is 0 Å². The van der Waals surface area contributed by atoms with Gasteiger partial charge in [0.15, 0.2) is 0 Å². The van der Waals surface area contributed by atoms with Gasteiger partial charge in [-0.1, -0.05) is 0 Å². The van der Waals surface area contributed by atoms with E-state index in [0.717, 1.165) is 0 Å². The van der Waals surface area contributed by atoms with Gasteiger partial charge < -0.3 is 39.2 Å². The molecule has 0 aliphatic carbocycles. The average Bonchev–Trinajstić information content (AvgIpc) is 2.54. The maximum atomic E-state index is 10.9. The number of aromatic nitrogens is 2. The summed E-state index contributed by atoms with van der Waals surface area (Å²) in [7, 11) is 2.56. The predicted octanol–water partition coefficient (Wildman–Crippen LogP) is -8.50. The van der Waals surface area contributed by atoms with Crippen molar-refractivity contribution in [3.8, 4) is 11.5 Å². The number of aromatic amines is 2. The minimum absolute atomic E-state index is 0. The van der Waals surface area contributed by atoms with Gasteiger partial charge in [-0.25, -0.2) is 0 Å². The molecule has 0 aliphatic rings. The number of carboxylic acids is 2. The van der Waals surface area contributed by atoms with Gasteiger partial charge in [0.2, 0.25) is 0 Å². The number of nitrogens with one attached hydrogen (secondary N) is 2. The second-order valence-corrected chi connectivity index (χ2v) is 4.08. The van der Waals surface area contributed by atoms with Crippen molar-refractivity contribution in [1.29, 1.82) is 0 Å². The summed E-state index contributed by atoms with van der Waals surface area (Å²) in [6, 6.07) is 2.68. The number of carbonyl (C=O) groups excluding carboxylic acids is 2. The Morgan fingerprint density at radius 2 is 1.12 bits per heavy atom. The van der Waals surface area contributed by atoms with Crippen molar-refractivity contribution in [1.82, 2.24) is 9.97 Å². The van der Waals surface area contributed by atoms with Gasteiger partial charge in [-0.2, -0.15) is 0 Å². The van der Waals surface area contributed by atoms with Crippen molar-refractivity contribution in [2.24, 2.45) is 0 Å². The van der Waals surface area contributed by atoms with Crippen LogP contribution < -0.4 is 68.5 Å². The first-order valence-corrected chi connectivity index (χ1v) is 6.27. The molecule has 2 heterocycles. The topological polar surface area (TPSA) is 164 Å². The first-order valence-electron chi connectivity index (χ1n) is 6.27. The predicted molar refractivity (Wildman–Crippen MR) is 75.9 cm³/mol. The second-order valence-electron chi connectivity index (χ2n) is 4.08. The summed E-state index contributed by atoms with van der Waals surface area (Å²) in [5, 5.41) is 20.8. The van der Waals surface area contributed by atoms with Gasteiger partial charge in [-0.3, -0.25) is 9.59 Å². The maximum absolute atomic E-state index is 10.9. The van der Waals surface area contributed by atoms with Crippen LogP contribution in [-0.4, -0.2) is 36.1 Å². The van der Waals surface area contributed by atoms with Gasteiger partial charge in [0.25, 0.3) is 11.1 Å². The van der Waals surface area contributed by atoms with Crippen molar-refractivity contribution in [3.05, 3.63) is 56.4 Å². The van der Waals surface area contributed by atoms with E-state index in [0.29, 0.717) is 0 Å². The molecule has 0 aliphatic heterocycles. The molecule has 0 aromatic carbocycles. The van der Waals surface area contributed by atoms with Crippen LogP contribution in [0.15, 0.2) is 34.1 Å². The largest absolute Gasteiger partial charge is 1.00 e. The minimum Gasteiger partial charge on any atom is -0.544 e. The number of methoxy groups -OCH3 is 2. The third kappa shape index (κ3) is 6.50. The van der Waals surface area contributed by atoms with E-state index in [4.69, 9.17) is 0 Å². The van der Waals surface area contributed by atoms with Crippen LogP contribution in [0.3, 0.4) is 0 Å². The zero-order valence-electron chi connectivity index (χ0n) is 14.6. The summed E-state index contributed by atoms with van der Waals surface area (Å²) in [6.07, 6.45) is 2.60. The fourth-order valence-electron chi connectivity index (χ4n) is 1.65. The Morgan fingerprint density at radius 1 is 0.808 bits per heavy atom. The SMILES string of the molecule is COc1cc[nH]c(=O)c1C(=O)[O-].COc1cc[nH]c(=O)c1C(=O)[O-].[Li+].[Li+]. The number of carbonyl (C=O) groups is 2. The Balaban J connectivity index is 0. The Morgan fingerprint density at radius 3 is 1.31 bits per heavy atom. The maximum Gasteiger partial charge on any atom is 1.00 e. The Kier molecular flexibility index (Phi) is 12.0. The molecule has 0 spiro atoms. The number of rotatable bonds is 4. The Hall–Kier alpha value is -2.37. The minimum atomic E-state index is -1.55. The first-order chi connectivity index (χ1) is 11.3. The summed E-state index contributed by atoms with van der Waals surface area (Å²) in [4.78, 5) is 46.9. The summed E-state index contributed by atoms with van der Waals surface area (Å²) < 4.78 is 9.29. The molecule has 2 rings (SSSR count). The van der Waals surface area contributed by atoms with Gasteiger partial charge in [-0.05, 0) is 12.1 Å². The molecule has 0 saturated carbocycles. The molecule has 0 radical (unpaired) electrons. The molecule has 12 heteroatoms. The third-order valence-electron chi connectivity index (χ3n) is 2.69. The second kappa shape index (κ2) is 12.1.